The van der Waals surface area contributed by atoms with E-state index in [9.17, 15) is 0 Å². The van der Waals surface area contributed by atoms with Gasteiger partial charge in [0, 0.05) is 19.7 Å². The van der Waals surface area contributed by atoms with E-state index in [1.165, 1.54) is 12.8 Å². The van der Waals surface area contributed by atoms with E-state index in [0.717, 1.165) is 12.6 Å². The quantitative estimate of drug-likeness (QED) is 0.574. The van der Waals surface area contributed by atoms with Crippen molar-refractivity contribution in [2.24, 2.45) is 0 Å². The molecule has 60 valence electrons. The van der Waals surface area contributed by atoms with Crippen LogP contribution in [0.3, 0.4) is 0 Å². The molecular weight excluding hydrogens is 126 g/mol. The molecule has 1 saturated heterocycles. The Morgan fingerprint density at radius 1 is 1.60 bits per heavy atom. The predicted octanol–water partition coefficient (Wildman–Crippen LogP) is 1.12. The third-order valence-corrected chi connectivity index (χ3v) is 2.45. The van der Waals surface area contributed by atoms with Gasteiger partial charge in [-0.05, 0) is 19.9 Å². The van der Waals surface area contributed by atoms with Crippen LogP contribution < -0.4 is 0 Å². The molecule has 0 N–H and O–H groups in total. The van der Waals surface area contributed by atoms with Crippen molar-refractivity contribution in [2.75, 3.05) is 20.7 Å². The largest absolute Gasteiger partial charge is 0.380 e. The van der Waals surface area contributed by atoms with Crippen LogP contribution >= 0.6 is 0 Å². The Morgan fingerprint density at radius 2 is 2.30 bits per heavy atom. The average Bonchev–Trinajstić information content (AvgIpc) is 2.30. The van der Waals surface area contributed by atoms with Gasteiger partial charge in [0.2, 0.25) is 0 Å². The molecule has 1 aliphatic heterocycles. The highest BCUT2D eigenvalue weighted by Crippen LogP contribution is 2.19. The Labute approximate surface area is 63.2 Å². The van der Waals surface area contributed by atoms with Gasteiger partial charge < -0.3 is 9.64 Å². The second kappa shape index (κ2) is 3.35. The molecule has 0 radical (unpaired) electrons. The molecule has 1 fully saturated rings. The van der Waals surface area contributed by atoms with Crippen LogP contribution in [-0.4, -0.2) is 37.7 Å². The van der Waals surface area contributed by atoms with E-state index in [0.29, 0.717) is 6.10 Å². The number of hydrogen-bond donors (Lipinski definition) is 0. The van der Waals surface area contributed by atoms with Gasteiger partial charge in [0.05, 0.1) is 6.10 Å². The molecule has 0 saturated carbocycles. The SMILES string of the molecule is CCC1CC(OC)CN1C. The molecule has 2 heteroatoms. The van der Waals surface area contributed by atoms with Crippen molar-refractivity contribution in [1.29, 1.82) is 0 Å². The normalized spacial score (nSPS) is 35.1. The van der Waals surface area contributed by atoms with Gasteiger partial charge >= 0.3 is 0 Å². The summed E-state index contributed by atoms with van der Waals surface area (Å²) in [5.74, 6) is 0. The molecule has 0 amide bonds. The lowest BCUT2D eigenvalue weighted by molar-refractivity contribution is 0.111. The van der Waals surface area contributed by atoms with Crippen LogP contribution in [0, 0.1) is 0 Å². The zero-order valence-electron chi connectivity index (χ0n) is 7.13. The van der Waals surface area contributed by atoms with Crippen molar-refractivity contribution < 1.29 is 4.74 Å². The summed E-state index contributed by atoms with van der Waals surface area (Å²) in [6, 6.07) is 0.755. The molecule has 2 atom stereocenters. The number of hydrogen-bond acceptors (Lipinski definition) is 2. The summed E-state index contributed by atoms with van der Waals surface area (Å²) in [7, 11) is 3.98. The van der Waals surface area contributed by atoms with Crippen LogP contribution in [0.15, 0.2) is 0 Å². The summed E-state index contributed by atoms with van der Waals surface area (Å²) in [5, 5.41) is 0. The molecular formula is C8H17NO. The highest BCUT2D eigenvalue weighted by atomic mass is 16.5. The average molecular weight is 143 g/mol. The molecule has 0 aromatic heterocycles. The Kier molecular flexibility index (Phi) is 2.69. The predicted molar refractivity (Wildman–Crippen MR) is 42.1 cm³/mol. The van der Waals surface area contributed by atoms with E-state index < -0.39 is 0 Å². The van der Waals surface area contributed by atoms with Gasteiger partial charge in [0.25, 0.3) is 0 Å². The van der Waals surface area contributed by atoms with Gasteiger partial charge in [-0.1, -0.05) is 6.92 Å². The summed E-state index contributed by atoms with van der Waals surface area (Å²) in [5.41, 5.74) is 0. The molecule has 2 nitrogen and oxygen atoms in total. The fourth-order valence-corrected chi connectivity index (χ4v) is 1.68. The summed E-state index contributed by atoms with van der Waals surface area (Å²) in [4.78, 5) is 2.38. The maximum Gasteiger partial charge on any atom is 0.0713 e. The van der Waals surface area contributed by atoms with Crippen molar-refractivity contribution >= 4 is 0 Å². The second-order valence-corrected chi connectivity index (χ2v) is 3.10. The van der Waals surface area contributed by atoms with E-state index >= 15 is 0 Å². The first-order valence-corrected chi connectivity index (χ1v) is 4.01. The van der Waals surface area contributed by atoms with Crippen molar-refractivity contribution in [3.63, 3.8) is 0 Å². The third kappa shape index (κ3) is 1.50. The molecule has 0 aliphatic carbocycles. The van der Waals surface area contributed by atoms with Crippen LogP contribution in [0.25, 0.3) is 0 Å². The minimum Gasteiger partial charge on any atom is -0.380 e. The van der Waals surface area contributed by atoms with E-state index in [1.807, 2.05) is 0 Å². The van der Waals surface area contributed by atoms with Crippen LogP contribution in [0.5, 0.6) is 0 Å². The monoisotopic (exact) mass is 143 g/mol. The summed E-state index contributed by atoms with van der Waals surface area (Å²) < 4.78 is 5.27. The van der Waals surface area contributed by atoms with Crippen LogP contribution in [0.2, 0.25) is 0 Å². The minimum atomic E-state index is 0.481. The third-order valence-electron chi connectivity index (χ3n) is 2.45. The topological polar surface area (TPSA) is 12.5 Å². The number of methoxy groups -OCH3 is 1. The zero-order chi connectivity index (χ0) is 7.56. The van der Waals surface area contributed by atoms with Crippen molar-refractivity contribution in [1.82, 2.24) is 4.90 Å². The molecule has 10 heavy (non-hydrogen) atoms. The Bertz CT molecular complexity index is 105. The number of likely N-dealkylation sites (tertiary alicyclic amines) is 1. The highest BCUT2D eigenvalue weighted by molar-refractivity contribution is 4.82. The van der Waals surface area contributed by atoms with Crippen LogP contribution in [-0.2, 0) is 4.74 Å². The number of nitrogens with zero attached hydrogens (tertiary/aromatic N) is 1. The minimum absolute atomic E-state index is 0.481. The first kappa shape index (κ1) is 8.02. The van der Waals surface area contributed by atoms with E-state index in [1.54, 1.807) is 7.11 Å². The van der Waals surface area contributed by atoms with Crippen molar-refractivity contribution in [2.45, 2.75) is 31.9 Å². The lowest BCUT2D eigenvalue weighted by Gasteiger charge is -2.15. The molecule has 1 aliphatic rings. The van der Waals surface area contributed by atoms with Gasteiger partial charge in [-0.3, -0.25) is 0 Å². The maximum absolute atomic E-state index is 5.27. The smallest absolute Gasteiger partial charge is 0.0713 e. The van der Waals surface area contributed by atoms with E-state index in [-0.39, 0.29) is 0 Å². The van der Waals surface area contributed by atoms with Gasteiger partial charge in [0.15, 0.2) is 0 Å². The molecule has 2 unspecified atom stereocenters. The van der Waals surface area contributed by atoms with Gasteiger partial charge in [-0.15, -0.1) is 0 Å². The first-order chi connectivity index (χ1) is 4.77. The highest BCUT2D eigenvalue weighted by Gasteiger charge is 2.27. The summed E-state index contributed by atoms with van der Waals surface area (Å²) >= 11 is 0. The Morgan fingerprint density at radius 3 is 2.60 bits per heavy atom. The fraction of sp³-hybridized carbons (Fsp3) is 1.00. The summed E-state index contributed by atoms with van der Waals surface area (Å²) in [6.45, 7) is 3.34. The zero-order valence-corrected chi connectivity index (χ0v) is 7.13. The standard InChI is InChI=1S/C8H17NO/c1-4-7-5-8(10-3)6-9(7)2/h7-8H,4-6H2,1-3H3. The maximum atomic E-state index is 5.27. The Hall–Kier alpha value is -0.0800. The van der Waals surface area contributed by atoms with Gasteiger partial charge in [-0.2, -0.15) is 0 Å². The Balaban J connectivity index is 2.36. The molecule has 0 bridgehead atoms. The first-order valence-electron chi connectivity index (χ1n) is 4.01. The molecule has 1 rings (SSSR count). The van der Waals surface area contributed by atoms with Crippen molar-refractivity contribution in [3.8, 4) is 0 Å². The molecule has 0 aromatic carbocycles. The molecule has 0 spiro atoms. The van der Waals surface area contributed by atoms with E-state index in [2.05, 4.69) is 18.9 Å². The van der Waals surface area contributed by atoms with Gasteiger partial charge in [-0.25, -0.2) is 0 Å². The van der Waals surface area contributed by atoms with E-state index in [4.69, 9.17) is 4.74 Å². The van der Waals surface area contributed by atoms with Crippen LogP contribution in [0.4, 0.5) is 0 Å². The summed E-state index contributed by atoms with van der Waals surface area (Å²) in [6.07, 6.45) is 2.94. The molecule has 0 aromatic rings. The van der Waals surface area contributed by atoms with Gasteiger partial charge in [0.1, 0.15) is 0 Å². The lowest BCUT2D eigenvalue weighted by Crippen LogP contribution is -2.24. The molecule has 1 heterocycles. The lowest BCUT2D eigenvalue weighted by atomic mass is 10.1. The number of likely N-dealkylation sites (N-methyl/N-ethyl adjacent to an activating group) is 1. The number of ether oxygens (including phenoxy) is 1. The van der Waals surface area contributed by atoms with Crippen LogP contribution in [0.1, 0.15) is 19.8 Å². The fourth-order valence-electron chi connectivity index (χ4n) is 1.68. The number of rotatable bonds is 2. The van der Waals surface area contributed by atoms with Crippen molar-refractivity contribution in [3.05, 3.63) is 0 Å². The second-order valence-electron chi connectivity index (χ2n) is 3.10.